The van der Waals surface area contributed by atoms with E-state index in [1.165, 1.54) is 11.3 Å². The number of aryl methyl sites for hydroxylation is 1. The van der Waals surface area contributed by atoms with Gasteiger partial charge in [-0.3, -0.25) is 4.79 Å². The van der Waals surface area contributed by atoms with Gasteiger partial charge in [0.15, 0.2) is 5.13 Å². The third-order valence-corrected chi connectivity index (χ3v) is 3.63. The maximum atomic E-state index is 11.8. The van der Waals surface area contributed by atoms with Gasteiger partial charge in [-0.05, 0) is 19.8 Å². The Balaban J connectivity index is 1.97. The van der Waals surface area contributed by atoms with Crippen molar-refractivity contribution in [3.8, 4) is 0 Å². The van der Waals surface area contributed by atoms with Gasteiger partial charge in [0, 0.05) is 11.4 Å². The first-order valence-electron chi connectivity index (χ1n) is 5.15. The molecule has 2 atom stereocenters. The molecule has 1 saturated carbocycles. The molecule has 1 fully saturated rings. The van der Waals surface area contributed by atoms with Gasteiger partial charge in [-0.25, -0.2) is 4.98 Å². The number of carbonyl (C=O) groups excluding carboxylic acids is 1. The summed E-state index contributed by atoms with van der Waals surface area (Å²) >= 11 is 1.45. The zero-order valence-corrected chi connectivity index (χ0v) is 9.51. The van der Waals surface area contributed by atoms with Gasteiger partial charge in [0.05, 0.1) is 11.6 Å². The molecule has 1 aromatic heterocycles. The molecule has 2 unspecified atom stereocenters. The van der Waals surface area contributed by atoms with Gasteiger partial charge in [0.2, 0.25) is 5.91 Å². The highest BCUT2D eigenvalue weighted by atomic mass is 32.1. The van der Waals surface area contributed by atoms with Crippen molar-refractivity contribution in [2.75, 3.05) is 5.32 Å². The minimum absolute atomic E-state index is 0.0195. The minimum Gasteiger partial charge on any atom is -0.327 e. The highest BCUT2D eigenvalue weighted by Crippen LogP contribution is 2.25. The molecule has 0 spiro atoms. The number of hydrogen-bond donors (Lipinski definition) is 2. The first-order chi connectivity index (χ1) is 7.16. The molecule has 4 nitrogen and oxygen atoms in total. The number of nitrogens with one attached hydrogen (secondary N) is 1. The van der Waals surface area contributed by atoms with E-state index in [2.05, 4.69) is 10.3 Å². The van der Waals surface area contributed by atoms with Crippen molar-refractivity contribution in [1.82, 2.24) is 4.98 Å². The SMILES string of the molecule is Cc1csc(NC(=O)C2CCCC2N)n1. The Morgan fingerprint density at radius 1 is 1.67 bits per heavy atom. The zero-order valence-electron chi connectivity index (χ0n) is 8.69. The fourth-order valence-electron chi connectivity index (χ4n) is 1.92. The molecule has 0 radical (unpaired) electrons. The largest absolute Gasteiger partial charge is 0.327 e. The number of amides is 1. The lowest BCUT2D eigenvalue weighted by Crippen LogP contribution is -2.34. The predicted molar refractivity (Wildman–Crippen MR) is 60.8 cm³/mol. The van der Waals surface area contributed by atoms with Crippen molar-refractivity contribution >= 4 is 22.4 Å². The average molecular weight is 225 g/mol. The zero-order chi connectivity index (χ0) is 10.8. The molecule has 0 aromatic carbocycles. The quantitative estimate of drug-likeness (QED) is 0.801. The first kappa shape index (κ1) is 10.6. The molecule has 1 amide bonds. The molecule has 0 aliphatic heterocycles. The number of hydrogen-bond acceptors (Lipinski definition) is 4. The molecule has 15 heavy (non-hydrogen) atoms. The lowest BCUT2D eigenvalue weighted by atomic mass is 10.0. The van der Waals surface area contributed by atoms with Crippen molar-refractivity contribution in [3.63, 3.8) is 0 Å². The summed E-state index contributed by atoms with van der Waals surface area (Å²) in [6.45, 7) is 1.91. The summed E-state index contributed by atoms with van der Waals surface area (Å²) in [7, 11) is 0. The van der Waals surface area contributed by atoms with Crippen molar-refractivity contribution in [1.29, 1.82) is 0 Å². The molecule has 1 heterocycles. The van der Waals surface area contributed by atoms with Crippen LogP contribution in [0.4, 0.5) is 5.13 Å². The fraction of sp³-hybridized carbons (Fsp3) is 0.600. The monoisotopic (exact) mass is 225 g/mol. The highest BCUT2D eigenvalue weighted by molar-refractivity contribution is 7.13. The Hall–Kier alpha value is -0.940. The van der Waals surface area contributed by atoms with Gasteiger partial charge in [-0.15, -0.1) is 11.3 Å². The van der Waals surface area contributed by atoms with Crippen LogP contribution >= 0.6 is 11.3 Å². The highest BCUT2D eigenvalue weighted by Gasteiger charge is 2.30. The maximum Gasteiger partial charge on any atom is 0.230 e. The number of anilines is 1. The summed E-state index contributed by atoms with van der Waals surface area (Å²) in [5.41, 5.74) is 6.80. The number of aromatic nitrogens is 1. The normalized spacial score (nSPS) is 25.5. The summed E-state index contributed by atoms with van der Waals surface area (Å²) in [5.74, 6) is -0.0106. The van der Waals surface area contributed by atoms with Gasteiger partial charge >= 0.3 is 0 Å². The second kappa shape index (κ2) is 4.28. The Morgan fingerprint density at radius 2 is 2.47 bits per heavy atom. The number of thiazole rings is 1. The maximum absolute atomic E-state index is 11.8. The summed E-state index contributed by atoms with van der Waals surface area (Å²) in [5, 5.41) is 5.42. The number of nitrogens with two attached hydrogens (primary N) is 1. The molecule has 1 aromatic rings. The van der Waals surface area contributed by atoms with Gasteiger partial charge in [-0.1, -0.05) is 6.42 Å². The van der Waals surface area contributed by atoms with E-state index in [4.69, 9.17) is 5.73 Å². The fourth-order valence-corrected chi connectivity index (χ4v) is 2.61. The van der Waals surface area contributed by atoms with Gasteiger partial charge in [0.1, 0.15) is 0 Å². The molecule has 0 saturated heterocycles. The molecular weight excluding hydrogens is 210 g/mol. The van der Waals surface area contributed by atoms with E-state index < -0.39 is 0 Å². The smallest absolute Gasteiger partial charge is 0.230 e. The van der Waals surface area contributed by atoms with Crippen LogP contribution in [0, 0.1) is 12.8 Å². The van der Waals surface area contributed by atoms with Gasteiger partial charge in [0.25, 0.3) is 0 Å². The molecule has 3 N–H and O–H groups in total. The van der Waals surface area contributed by atoms with Crippen LogP contribution in [0.1, 0.15) is 25.0 Å². The van der Waals surface area contributed by atoms with Crippen molar-refractivity contribution in [3.05, 3.63) is 11.1 Å². The van der Waals surface area contributed by atoms with Crippen LogP contribution in [0.25, 0.3) is 0 Å². The standard InChI is InChI=1S/C10H15N3OS/c1-6-5-15-10(12-6)13-9(14)7-3-2-4-8(7)11/h5,7-8H,2-4,11H2,1H3,(H,12,13,14). The Labute approximate surface area is 92.9 Å². The van der Waals surface area contributed by atoms with Crippen LogP contribution in [-0.2, 0) is 4.79 Å². The van der Waals surface area contributed by atoms with E-state index in [1.807, 2.05) is 12.3 Å². The van der Waals surface area contributed by atoms with Gasteiger partial charge < -0.3 is 11.1 Å². The topological polar surface area (TPSA) is 68.0 Å². The second-order valence-electron chi connectivity index (χ2n) is 3.98. The third kappa shape index (κ3) is 2.35. The van der Waals surface area contributed by atoms with Crippen LogP contribution in [0.2, 0.25) is 0 Å². The molecular formula is C10H15N3OS. The second-order valence-corrected chi connectivity index (χ2v) is 4.84. The van der Waals surface area contributed by atoms with Crippen molar-refractivity contribution in [2.24, 2.45) is 11.7 Å². The summed E-state index contributed by atoms with van der Waals surface area (Å²) in [6, 6.07) is 0.0195. The van der Waals surface area contributed by atoms with E-state index in [0.717, 1.165) is 25.0 Å². The third-order valence-electron chi connectivity index (χ3n) is 2.76. The Morgan fingerprint density at radius 3 is 3.00 bits per heavy atom. The first-order valence-corrected chi connectivity index (χ1v) is 6.03. The van der Waals surface area contributed by atoms with Crippen LogP contribution in [-0.4, -0.2) is 16.9 Å². The Kier molecular flexibility index (Phi) is 3.02. The van der Waals surface area contributed by atoms with Crippen LogP contribution in [0.3, 0.4) is 0 Å². The lowest BCUT2D eigenvalue weighted by Gasteiger charge is -2.13. The molecule has 2 rings (SSSR count). The van der Waals surface area contributed by atoms with E-state index in [9.17, 15) is 4.79 Å². The Bertz CT molecular complexity index is 363. The van der Waals surface area contributed by atoms with Crippen LogP contribution in [0.5, 0.6) is 0 Å². The van der Waals surface area contributed by atoms with Crippen molar-refractivity contribution in [2.45, 2.75) is 32.2 Å². The summed E-state index contributed by atoms with van der Waals surface area (Å²) < 4.78 is 0. The van der Waals surface area contributed by atoms with E-state index in [0.29, 0.717) is 5.13 Å². The molecule has 5 heteroatoms. The summed E-state index contributed by atoms with van der Waals surface area (Å²) in [6.07, 6.45) is 2.91. The number of rotatable bonds is 2. The summed E-state index contributed by atoms with van der Waals surface area (Å²) in [4.78, 5) is 16.0. The molecule has 0 bridgehead atoms. The molecule has 82 valence electrons. The van der Waals surface area contributed by atoms with Crippen molar-refractivity contribution < 1.29 is 4.79 Å². The number of carbonyl (C=O) groups is 1. The molecule has 1 aliphatic carbocycles. The number of nitrogens with zero attached hydrogens (tertiary/aromatic N) is 1. The predicted octanol–water partition coefficient (Wildman–Crippen LogP) is 1.52. The molecule has 1 aliphatic rings. The van der Waals surface area contributed by atoms with Crippen LogP contribution < -0.4 is 11.1 Å². The minimum atomic E-state index is -0.0331. The lowest BCUT2D eigenvalue weighted by molar-refractivity contribution is -0.120. The average Bonchev–Trinajstić information content (AvgIpc) is 2.75. The van der Waals surface area contributed by atoms with E-state index in [-0.39, 0.29) is 17.9 Å². The van der Waals surface area contributed by atoms with Gasteiger partial charge in [-0.2, -0.15) is 0 Å². The van der Waals surface area contributed by atoms with E-state index in [1.54, 1.807) is 0 Å². The van der Waals surface area contributed by atoms with Crippen LogP contribution in [0.15, 0.2) is 5.38 Å². The van der Waals surface area contributed by atoms with E-state index >= 15 is 0 Å².